The third-order valence-corrected chi connectivity index (χ3v) is 5.08. The summed E-state index contributed by atoms with van der Waals surface area (Å²) >= 11 is 6.19. The van der Waals surface area contributed by atoms with Crippen LogP contribution >= 0.6 is 11.6 Å². The summed E-state index contributed by atoms with van der Waals surface area (Å²) in [6.07, 6.45) is 0.791. The Morgan fingerprint density at radius 3 is 2.81 bits per heavy atom. The lowest BCUT2D eigenvalue weighted by Gasteiger charge is -2.37. The molecule has 0 fully saturated rings. The second-order valence-corrected chi connectivity index (χ2v) is 6.77. The van der Waals surface area contributed by atoms with Gasteiger partial charge in [-0.15, -0.1) is 0 Å². The summed E-state index contributed by atoms with van der Waals surface area (Å²) in [7, 11) is 5.37. The van der Waals surface area contributed by atoms with Gasteiger partial charge in [0.15, 0.2) is 11.5 Å². The van der Waals surface area contributed by atoms with Crippen LogP contribution in [0.15, 0.2) is 24.3 Å². The molecule has 7 heteroatoms. The average molecular weight is 377 g/mol. The summed E-state index contributed by atoms with van der Waals surface area (Å²) in [6.45, 7) is 1.11. The molecule has 0 aromatic heterocycles. The maximum absolute atomic E-state index is 6.19. The fraction of sp³-hybridized carbons (Fsp3) is 0.368. The van der Waals surface area contributed by atoms with Crippen molar-refractivity contribution in [2.45, 2.75) is 12.6 Å². The predicted octanol–water partition coefficient (Wildman–Crippen LogP) is 3.68. The number of benzene rings is 2. The minimum atomic E-state index is -0.115. The summed E-state index contributed by atoms with van der Waals surface area (Å²) < 4.78 is 22.4. The number of nitrogens with zero attached hydrogens (tertiary/aromatic N) is 1. The van der Waals surface area contributed by atoms with Crippen molar-refractivity contribution in [1.82, 2.24) is 4.90 Å². The van der Waals surface area contributed by atoms with E-state index in [-0.39, 0.29) is 13.0 Å². The van der Waals surface area contributed by atoms with Gasteiger partial charge in [0.2, 0.25) is 12.5 Å². The smallest absolute Gasteiger partial charge is 0.231 e. The summed E-state index contributed by atoms with van der Waals surface area (Å²) in [6, 6.07) is 7.58. The van der Waals surface area contributed by atoms with E-state index in [1.165, 1.54) is 5.56 Å². The second kappa shape index (κ2) is 6.78. The van der Waals surface area contributed by atoms with Crippen LogP contribution in [0.1, 0.15) is 17.3 Å². The number of anilines is 1. The van der Waals surface area contributed by atoms with E-state index in [1.54, 1.807) is 14.2 Å². The predicted molar refractivity (Wildman–Crippen MR) is 99.8 cm³/mol. The van der Waals surface area contributed by atoms with Gasteiger partial charge < -0.3 is 24.3 Å². The zero-order valence-corrected chi connectivity index (χ0v) is 15.7. The van der Waals surface area contributed by atoms with Gasteiger partial charge in [-0.25, -0.2) is 0 Å². The van der Waals surface area contributed by atoms with E-state index in [4.69, 9.17) is 30.5 Å². The third-order valence-electron chi connectivity index (χ3n) is 4.85. The Balaban J connectivity index is 1.81. The Kier molecular flexibility index (Phi) is 4.46. The average Bonchev–Trinajstić information content (AvgIpc) is 3.10. The fourth-order valence-corrected chi connectivity index (χ4v) is 3.73. The van der Waals surface area contributed by atoms with E-state index < -0.39 is 0 Å². The molecule has 0 saturated carbocycles. The highest BCUT2D eigenvalue weighted by atomic mass is 35.5. The Labute approximate surface area is 157 Å². The molecule has 0 spiro atoms. The number of hydrogen-bond acceptors (Lipinski definition) is 6. The minimum absolute atomic E-state index is 0.115. The Bertz CT molecular complexity index is 843. The molecule has 0 radical (unpaired) electrons. The van der Waals surface area contributed by atoms with Gasteiger partial charge >= 0.3 is 0 Å². The first-order valence-electron chi connectivity index (χ1n) is 8.42. The second-order valence-electron chi connectivity index (χ2n) is 6.34. The molecule has 2 aromatic rings. The van der Waals surface area contributed by atoms with E-state index >= 15 is 0 Å². The van der Waals surface area contributed by atoms with Gasteiger partial charge in [-0.3, -0.25) is 4.90 Å². The van der Waals surface area contributed by atoms with Crippen molar-refractivity contribution in [2.75, 3.05) is 39.9 Å². The molecule has 138 valence electrons. The first-order valence-corrected chi connectivity index (χ1v) is 8.80. The standard InChI is InChI=1S/C19H21ClN2O4/c1-22-7-6-11-8-15-17(26-10-25-15)18(24-3)16(11)19(22)21-13-9-12(20)4-5-14(13)23-2/h4-5,8-9,19,21H,6-7,10H2,1-3H3. The van der Waals surface area contributed by atoms with Gasteiger partial charge in [0.05, 0.1) is 19.9 Å². The SMILES string of the molecule is COc1ccc(Cl)cc1NC1c2c(cc3c(c2OC)OCO3)CCN1C. The summed E-state index contributed by atoms with van der Waals surface area (Å²) in [5.74, 6) is 2.84. The van der Waals surface area contributed by atoms with Crippen molar-refractivity contribution in [3.05, 3.63) is 40.4 Å². The van der Waals surface area contributed by atoms with E-state index in [0.29, 0.717) is 16.5 Å². The van der Waals surface area contributed by atoms with E-state index in [2.05, 4.69) is 23.3 Å². The van der Waals surface area contributed by atoms with Crippen LogP contribution in [-0.4, -0.2) is 39.5 Å². The minimum Gasteiger partial charge on any atom is -0.495 e. The largest absolute Gasteiger partial charge is 0.495 e. The molecule has 6 nitrogen and oxygen atoms in total. The van der Waals surface area contributed by atoms with Crippen molar-refractivity contribution in [3.8, 4) is 23.0 Å². The molecule has 1 N–H and O–H groups in total. The van der Waals surface area contributed by atoms with Crippen LogP contribution in [0.25, 0.3) is 0 Å². The van der Waals surface area contributed by atoms with E-state index in [9.17, 15) is 0 Å². The van der Waals surface area contributed by atoms with E-state index in [0.717, 1.165) is 35.7 Å². The molecule has 0 saturated heterocycles. The van der Waals surface area contributed by atoms with Gasteiger partial charge in [0, 0.05) is 17.1 Å². The van der Waals surface area contributed by atoms with Crippen LogP contribution in [0.4, 0.5) is 5.69 Å². The number of methoxy groups -OCH3 is 2. The van der Waals surface area contributed by atoms with Crippen LogP contribution < -0.4 is 24.3 Å². The molecule has 2 aliphatic rings. The van der Waals surface area contributed by atoms with Crippen molar-refractivity contribution in [2.24, 2.45) is 0 Å². The fourth-order valence-electron chi connectivity index (χ4n) is 3.56. The molecule has 1 atom stereocenters. The van der Waals surface area contributed by atoms with Crippen LogP contribution in [-0.2, 0) is 6.42 Å². The summed E-state index contributed by atoms with van der Waals surface area (Å²) in [5, 5.41) is 4.20. The third kappa shape index (κ3) is 2.79. The maximum atomic E-state index is 6.19. The van der Waals surface area contributed by atoms with E-state index in [1.807, 2.05) is 18.2 Å². The van der Waals surface area contributed by atoms with Gasteiger partial charge in [0.25, 0.3) is 0 Å². The topological polar surface area (TPSA) is 52.2 Å². The molecule has 0 amide bonds. The lowest BCUT2D eigenvalue weighted by Crippen LogP contribution is -2.37. The molecule has 0 aliphatic carbocycles. The normalized spacial score (nSPS) is 18.4. The number of hydrogen-bond donors (Lipinski definition) is 1. The van der Waals surface area contributed by atoms with Gasteiger partial charge in [0.1, 0.15) is 11.9 Å². The molecular weight excluding hydrogens is 356 g/mol. The number of halogens is 1. The van der Waals surface area contributed by atoms with Crippen molar-refractivity contribution in [3.63, 3.8) is 0 Å². The molecule has 4 rings (SSSR count). The molecule has 26 heavy (non-hydrogen) atoms. The van der Waals surface area contributed by atoms with Crippen LogP contribution in [0.3, 0.4) is 0 Å². The maximum Gasteiger partial charge on any atom is 0.231 e. The van der Waals surface area contributed by atoms with Gasteiger partial charge in [-0.05, 0) is 43.3 Å². The number of ether oxygens (including phenoxy) is 4. The lowest BCUT2D eigenvalue weighted by atomic mass is 9.94. The number of rotatable bonds is 4. The molecule has 0 bridgehead atoms. The number of nitrogens with one attached hydrogen (secondary N) is 1. The molecular formula is C19H21ClN2O4. The Morgan fingerprint density at radius 1 is 1.19 bits per heavy atom. The molecule has 2 aromatic carbocycles. The highest BCUT2D eigenvalue weighted by Gasteiger charge is 2.34. The molecule has 2 heterocycles. The van der Waals surface area contributed by atoms with Crippen molar-refractivity contribution in [1.29, 1.82) is 0 Å². The van der Waals surface area contributed by atoms with Crippen molar-refractivity contribution >= 4 is 17.3 Å². The monoisotopic (exact) mass is 376 g/mol. The van der Waals surface area contributed by atoms with Gasteiger partial charge in [-0.1, -0.05) is 11.6 Å². The molecule has 2 aliphatic heterocycles. The van der Waals surface area contributed by atoms with Crippen LogP contribution in [0.2, 0.25) is 5.02 Å². The highest BCUT2D eigenvalue weighted by Crippen LogP contribution is 2.49. The highest BCUT2D eigenvalue weighted by molar-refractivity contribution is 6.30. The van der Waals surface area contributed by atoms with Gasteiger partial charge in [-0.2, -0.15) is 0 Å². The molecule has 1 unspecified atom stereocenters. The van der Waals surface area contributed by atoms with Crippen molar-refractivity contribution < 1.29 is 18.9 Å². The lowest BCUT2D eigenvalue weighted by molar-refractivity contribution is 0.170. The Morgan fingerprint density at radius 2 is 2.04 bits per heavy atom. The zero-order valence-electron chi connectivity index (χ0n) is 15.0. The quantitative estimate of drug-likeness (QED) is 0.878. The zero-order chi connectivity index (χ0) is 18.3. The summed E-state index contributed by atoms with van der Waals surface area (Å²) in [4.78, 5) is 2.23. The number of fused-ring (bicyclic) bond motifs is 2. The Hall–Kier alpha value is -2.31. The van der Waals surface area contributed by atoms with Crippen LogP contribution in [0.5, 0.6) is 23.0 Å². The number of likely N-dealkylation sites (N-methyl/N-ethyl adjacent to an activating group) is 1. The first kappa shape index (κ1) is 17.1. The van der Waals surface area contributed by atoms with Crippen LogP contribution in [0, 0.1) is 0 Å². The summed E-state index contributed by atoms with van der Waals surface area (Å²) in [5.41, 5.74) is 3.06. The first-order chi connectivity index (χ1) is 12.6.